The number of urea groups is 1. The molecular formula is C7H13N2O4PS2. The highest BCUT2D eigenvalue weighted by Gasteiger charge is 2.56. The summed E-state index contributed by atoms with van der Waals surface area (Å²) in [6, 6.07) is -1.51. The molecule has 0 aliphatic carbocycles. The van der Waals surface area contributed by atoms with Crippen molar-refractivity contribution in [2.24, 2.45) is 0 Å². The van der Waals surface area contributed by atoms with E-state index in [1.54, 1.807) is 0 Å². The van der Waals surface area contributed by atoms with Crippen molar-refractivity contribution >= 4 is 42.1 Å². The Labute approximate surface area is 103 Å². The molecule has 1 heterocycles. The average Bonchev–Trinajstić information content (AvgIpc) is 2.40. The third kappa shape index (κ3) is 2.18. The van der Waals surface area contributed by atoms with Crippen LogP contribution in [0.5, 0.6) is 0 Å². The summed E-state index contributed by atoms with van der Waals surface area (Å²) in [6.07, 6.45) is 2.31. The van der Waals surface area contributed by atoms with Crippen molar-refractivity contribution in [1.82, 2.24) is 5.32 Å². The van der Waals surface area contributed by atoms with E-state index in [1.807, 2.05) is 6.26 Å². The van der Waals surface area contributed by atoms with Crippen LogP contribution in [-0.4, -0.2) is 46.2 Å². The second-order valence-corrected chi connectivity index (χ2v) is 7.77. The molecule has 16 heavy (non-hydrogen) atoms. The minimum atomic E-state index is -4.25. The van der Waals surface area contributed by atoms with E-state index in [1.165, 1.54) is 11.8 Å². The maximum atomic E-state index is 11.9. The molecule has 1 saturated heterocycles. The number of thioether (sulfide) groups is 1. The molecule has 9 heteroatoms. The number of likely N-dealkylation sites (N-methyl/N-ethyl adjacent to an activating group) is 1. The Morgan fingerprint density at radius 2 is 2.25 bits per heavy atom. The molecule has 0 radical (unpaired) electrons. The van der Waals surface area contributed by atoms with Gasteiger partial charge in [-0.2, -0.15) is 16.0 Å². The van der Waals surface area contributed by atoms with E-state index in [0.717, 1.165) is 7.05 Å². The monoisotopic (exact) mass is 284 g/mol. The summed E-state index contributed by atoms with van der Waals surface area (Å²) in [5.74, 6) is 0.0593. The first-order valence-electron chi connectivity index (χ1n) is 4.50. The Morgan fingerprint density at radius 1 is 1.69 bits per heavy atom. The molecular weight excluding hydrogens is 271 g/mol. The van der Waals surface area contributed by atoms with Gasteiger partial charge in [-0.15, -0.1) is 0 Å². The molecule has 0 bridgehead atoms. The summed E-state index contributed by atoms with van der Waals surface area (Å²) in [4.78, 5) is 44.2. The summed E-state index contributed by atoms with van der Waals surface area (Å²) in [5, 5.41) is 2.41. The predicted molar refractivity (Wildman–Crippen MR) is 63.0 cm³/mol. The first-order valence-corrected chi connectivity index (χ1v) is 8.52. The van der Waals surface area contributed by atoms with Crippen LogP contribution in [0.2, 0.25) is 0 Å². The van der Waals surface area contributed by atoms with Gasteiger partial charge in [-0.25, -0.2) is 9.59 Å². The highest BCUT2D eigenvalue weighted by Crippen LogP contribution is 2.46. The third-order valence-corrected chi connectivity index (χ3v) is 5.55. The van der Waals surface area contributed by atoms with Gasteiger partial charge >= 0.3 is 11.9 Å². The molecule has 1 aliphatic rings. The van der Waals surface area contributed by atoms with Crippen LogP contribution in [0.25, 0.3) is 0 Å². The molecule has 1 aliphatic heterocycles. The zero-order chi connectivity index (χ0) is 12.6. The fourth-order valence-electron chi connectivity index (χ4n) is 1.41. The molecule has 0 aromatic carbocycles. The van der Waals surface area contributed by atoms with E-state index in [-0.39, 0.29) is 0 Å². The Hall–Kier alpha value is 0.0200. The van der Waals surface area contributed by atoms with Crippen molar-refractivity contribution < 1.29 is 23.6 Å². The van der Waals surface area contributed by atoms with Crippen LogP contribution in [0, 0.1) is 0 Å². The number of rotatable bonds is 4. The van der Waals surface area contributed by atoms with Crippen molar-refractivity contribution in [1.29, 1.82) is 0 Å². The van der Waals surface area contributed by atoms with Gasteiger partial charge in [0.05, 0.1) is 7.05 Å². The lowest BCUT2D eigenvalue weighted by Crippen LogP contribution is -2.49. The Kier molecular flexibility index (Phi) is 4.15. The fraction of sp³-hybridized carbons (Fsp3) is 0.714. The first-order chi connectivity index (χ1) is 7.25. The van der Waals surface area contributed by atoms with Crippen molar-refractivity contribution in [3.63, 3.8) is 0 Å². The lowest BCUT2D eigenvalue weighted by molar-refractivity contribution is -0.643. The summed E-state index contributed by atoms with van der Waals surface area (Å²) in [7, 11) is 1.09. The van der Waals surface area contributed by atoms with E-state index in [9.17, 15) is 19.4 Å². The lowest BCUT2D eigenvalue weighted by Gasteiger charge is -2.34. The second kappa shape index (κ2) is 4.72. The van der Waals surface area contributed by atoms with Gasteiger partial charge in [0.2, 0.25) is 0 Å². The second-order valence-electron chi connectivity index (χ2n) is 3.57. The van der Waals surface area contributed by atoms with Gasteiger partial charge < -0.3 is 9.79 Å². The van der Waals surface area contributed by atoms with Crippen molar-refractivity contribution in [3.05, 3.63) is 0 Å². The maximum absolute atomic E-state index is 11.9. The molecule has 3 unspecified atom stereocenters. The highest BCUT2D eigenvalue weighted by atomic mass is 32.5. The topological polar surface area (TPSA) is 89.5 Å². The molecule has 2 N–H and O–H groups in total. The van der Waals surface area contributed by atoms with Gasteiger partial charge in [0.25, 0.3) is 0 Å². The van der Waals surface area contributed by atoms with Gasteiger partial charge in [0.1, 0.15) is 0 Å². The van der Waals surface area contributed by atoms with Gasteiger partial charge in [-0.05, 0) is 30.2 Å². The zero-order valence-electron chi connectivity index (χ0n) is 8.87. The van der Waals surface area contributed by atoms with Gasteiger partial charge in [-0.3, -0.25) is 5.32 Å². The van der Waals surface area contributed by atoms with Crippen LogP contribution in [0.3, 0.4) is 0 Å². The molecule has 6 nitrogen and oxygen atoms in total. The van der Waals surface area contributed by atoms with Crippen LogP contribution in [0.1, 0.15) is 6.42 Å². The standard InChI is InChI=1S/C7H13N2O4PS2/c1-9(14(12,13)15)6(10)5(3-4-16-2)8-7(9)11/h5H,3-4H2,1-2H3,(H2-,8,11,12,13,15). The molecule has 3 amide bonds. The fourth-order valence-corrected chi connectivity index (χ4v) is 3.02. The third-order valence-electron chi connectivity index (χ3n) is 2.54. The predicted octanol–water partition coefficient (Wildman–Crippen LogP) is -0.618. The average molecular weight is 284 g/mol. The number of imide groups is 1. The molecule has 3 atom stereocenters. The number of hydrogen-bond acceptors (Lipinski definition) is 5. The largest absolute Gasteiger partial charge is 0.753 e. The summed E-state index contributed by atoms with van der Waals surface area (Å²) in [5.41, 5.74) is 0. The van der Waals surface area contributed by atoms with Gasteiger partial charge in [0.15, 0.2) is 12.7 Å². The van der Waals surface area contributed by atoms with Gasteiger partial charge in [0, 0.05) is 0 Å². The van der Waals surface area contributed by atoms with Crippen molar-refractivity contribution in [3.8, 4) is 0 Å². The van der Waals surface area contributed by atoms with Crippen LogP contribution in [-0.2, 0) is 16.6 Å². The molecule has 0 saturated carbocycles. The molecule has 0 spiro atoms. The number of quaternary nitrogens is 1. The molecule has 1 rings (SSSR count). The van der Waals surface area contributed by atoms with E-state index >= 15 is 0 Å². The molecule has 92 valence electrons. The number of nitrogens with one attached hydrogen (secondary N) is 1. The van der Waals surface area contributed by atoms with E-state index in [4.69, 9.17) is 0 Å². The van der Waals surface area contributed by atoms with Crippen molar-refractivity contribution in [2.45, 2.75) is 12.5 Å². The Morgan fingerprint density at radius 3 is 2.62 bits per heavy atom. The highest BCUT2D eigenvalue weighted by molar-refractivity contribution is 8.05. The van der Waals surface area contributed by atoms with Crippen molar-refractivity contribution in [2.75, 3.05) is 19.1 Å². The van der Waals surface area contributed by atoms with Crippen LogP contribution < -0.4 is 10.2 Å². The summed E-state index contributed by atoms with van der Waals surface area (Å²) in [6.45, 7) is -4.25. The SMILES string of the molecule is CSCCC1NC(=O)[N+](C)(P([O-])(O)=S)C1=O. The number of carbonyl (C=O) groups excluding carboxylic acids is 2. The maximum Gasteiger partial charge on any atom is 0.427 e. The van der Waals surface area contributed by atoms with E-state index < -0.39 is 28.9 Å². The Bertz CT molecular complexity index is 371. The molecule has 0 aromatic heterocycles. The smallest absolute Gasteiger partial charge is 0.427 e. The number of nitrogens with zero attached hydrogens (tertiary/aromatic N) is 1. The van der Waals surface area contributed by atoms with Crippen LogP contribution in [0.15, 0.2) is 0 Å². The quantitative estimate of drug-likeness (QED) is 0.528. The zero-order valence-corrected chi connectivity index (χ0v) is 11.4. The number of carbonyl (C=O) groups is 2. The minimum Gasteiger partial charge on any atom is -0.753 e. The normalized spacial score (nSPS) is 33.6. The van der Waals surface area contributed by atoms with Crippen LogP contribution in [0.4, 0.5) is 4.79 Å². The first kappa shape index (κ1) is 14.1. The molecule has 0 aromatic rings. The Balaban J connectivity index is 2.95. The summed E-state index contributed by atoms with van der Waals surface area (Å²) >= 11 is 5.91. The lowest BCUT2D eigenvalue weighted by atomic mass is 10.2. The van der Waals surface area contributed by atoms with Crippen LogP contribution >= 0.6 is 18.4 Å². The van der Waals surface area contributed by atoms with E-state index in [0.29, 0.717) is 12.2 Å². The van der Waals surface area contributed by atoms with E-state index in [2.05, 4.69) is 17.1 Å². The minimum absolute atomic E-state index is 0.439. The number of hydrogen-bond donors (Lipinski definition) is 2. The van der Waals surface area contributed by atoms with Gasteiger partial charge in [-0.1, -0.05) is 0 Å². The summed E-state index contributed by atoms with van der Waals surface area (Å²) < 4.78 is -1.22. The molecule has 1 fully saturated rings. The number of amides is 3.